The molecule has 0 spiro atoms. The normalized spacial score (nSPS) is 10.2. The van der Waals surface area contributed by atoms with Gasteiger partial charge in [-0.05, 0) is 47.5 Å². The molecule has 6 heteroatoms. The molecular formula is C25H21NO5. The fraction of sp³-hybridized carbons (Fsp3) is 0.120. The van der Waals surface area contributed by atoms with E-state index in [0.717, 1.165) is 16.7 Å². The van der Waals surface area contributed by atoms with Crippen molar-refractivity contribution in [3.8, 4) is 22.9 Å². The van der Waals surface area contributed by atoms with Gasteiger partial charge in [0.2, 0.25) is 0 Å². The van der Waals surface area contributed by atoms with Crippen LogP contribution in [0, 0.1) is 11.3 Å². The monoisotopic (exact) mass is 415 g/mol. The third-order valence-electron chi connectivity index (χ3n) is 4.37. The molecule has 0 saturated carbocycles. The van der Waals surface area contributed by atoms with E-state index >= 15 is 0 Å². The van der Waals surface area contributed by atoms with Gasteiger partial charge in [0.15, 0.2) is 6.79 Å². The lowest BCUT2D eigenvalue weighted by Crippen LogP contribution is -2.08. The molecule has 0 amide bonds. The number of methoxy groups -OCH3 is 1. The molecule has 0 radical (unpaired) electrons. The van der Waals surface area contributed by atoms with Crippen molar-refractivity contribution in [1.29, 1.82) is 5.26 Å². The number of hydrogen-bond acceptors (Lipinski definition) is 6. The van der Waals surface area contributed by atoms with Gasteiger partial charge in [-0.2, -0.15) is 5.26 Å². The molecular weight excluding hydrogens is 394 g/mol. The highest BCUT2D eigenvalue weighted by Crippen LogP contribution is 2.23. The molecule has 0 N–H and O–H groups in total. The molecule has 3 aromatic carbocycles. The summed E-state index contributed by atoms with van der Waals surface area (Å²) in [4.78, 5) is 12.4. The van der Waals surface area contributed by atoms with Crippen LogP contribution in [-0.4, -0.2) is 26.7 Å². The molecule has 0 saturated heterocycles. The van der Waals surface area contributed by atoms with Crippen LogP contribution in [0.1, 0.15) is 21.5 Å². The predicted octanol–water partition coefficient (Wildman–Crippen LogP) is 5.01. The number of ether oxygens (including phenoxy) is 4. The van der Waals surface area contributed by atoms with Gasteiger partial charge in [-0.1, -0.05) is 43.0 Å². The van der Waals surface area contributed by atoms with Crippen LogP contribution >= 0.6 is 0 Å². The minimum atomic E-state index is -0.465. The van der Waals surface area contributed by atoms with Crippen LogP contribution < -0.4 is 4.74 Å². The Labute approximate surface area is 180 Å². The van der Waals surface area contributed by atoms with Gasteiger partial charge in [-0.25, -0.2) is 4.79 Å². The van der Waals surface area contributed by atoms with Gasteiger partial charge in [-0.15, -0.1) is 0 Å². The maximum atomic E-state index is 12.4. The van der Waals surface area contributed by atoms with Gasteiger partial charge >= 0.3 is 5.97 Å². The minimum absolute atomic E-state index is 0.0227. The van der Waals surface area contributed by atoms with Crippen LogP contribution in [0.25, 0.3) is 16.9 Å². The van der Waals surface area contributed by atoms with Gasteiger partial charge < -0.3 is 18.9 Å². The van der Waals surface area contributed by atoms with Gasteiger partial charge in [0, 0.05) is 12.7 Å². The maximum Gasteiger partial charge on any atom is 0.343 e. The Morgan fingerprint density at radius 3 is 2.03 bits per heavy atom. The lowest BCUT2D eigenvalue weighted by atomic mass is 10.0. The Balaban J connectivity index is 1.58. The van der Waals surface area contributed by atoms with Crippen molar-refractivity contribution in [2.45, 2.75) is 0 Å². The van der Waals surface area contributed by atoms with E-state index in [2.05, 4.69) is 12.6 Å². The highest BCUT2D eigenvalue weighted by atomic mass is 16.7. The number of carbonyl (C=O) groups excluding carboxylic acids is 1. The zero-order valence-electron chi connectivity index (χ0n) is 17.0. The second-order valence-corrected chi connectivity index (χ2v) is 6.48. The second-order valence-electron chi connectivity index (χ2n) is 6.48. The van der Waals surface area contributed by atoms with Crippen molar-refractivity contribution in [1.82, 2.24) is 0 Å². The summed E-state index contributed by atoms with van der Waals surface area (Å²) in [5, 5.41) is 8.89. The maximum absolute atomic E-state index is 12.4. The van der Waals surface area contributed by atoms with Gasteiger partial charge in [0.1, 0.15) is 18.3 Å². The van der Waals surface area contributed by atoms with Gasteiger partial charge in [-0.3, -0.25) is 0 Å². The van der Waals surface area contributed by atoms with Gasteiger partial charge in [0.05, 0.1) is 17.2 Å². The van der Waals surface area contributed by atoms with Crippen LogP contribution in [0.2, 0.25) is 0 Å². The molecule has 156 valence electrons. The lowest BCUT2D eigenvalue weighted by molar-refractivity contribution is -0.0920. The predicted molar refractivity (Wildman–Crippen MR) is 116 cm³/mol. The Morgan fingerprint density at radius 2 is 1.45 bits per heavy atom. The largest absolute Gasteiger partial charge is 0.467 e. The first-order chi connectivity index (χ1) is 15.1. The van der Waals surface area contributed by atoms with Crippen LogP contribution in [0.5, 0.6) is 5.75 Å². The van der Waals surface area contributed by atoms with Crippen molar-refractivity contribution in [2.75, 3.05) is 20.7 Å². The molecule has 3 rings (SSSR count). The van der Waals surface area contributed by atoms with Crippen molar-refractivity contribution in [2.24, 2.45) is 0 Å². The highest BCUT2D eigenvalue weighted by molar-refractivity contribution is 5.91. The van der Waals surface area contributed by atoms with Crippen molar-refractivity contribution in [3.63, 3.8) is 0 Å². The van der Waals surface area contributed by atoms with E-state index in [1.165, 1.54) is 7.11 Å². The average Bonchev–Trinajstić information content (AvgIpc) is 2.82. The number of benzene rings is 3. The number of carbonyl (C=O) groups is 1. The van der Waals surface area contributed by atoms with E-state index in [9.17, 15) is 4.79 Å². The zero-order chi connectivity index (χ0) is 22.1. The van der Waals surface area contributed by atoms with Crippen molar-refractivity contribution in [3.05, 3.63) is 96.1 Å². The summed E-state index contributed by atoms with van der Waals surface area (Å²) in [7, 11) is 1.52. The summed E-state index contributed by atoms with van der Waals surface area (Å²) in [5.41, 5.74) is 3.67. The Morgan fingerprint density at radius 1 is 0.871 bits per heavy atom. The van der Waals surface area contributed by atoms with E-state index in [-0.39, 0.29) is 13.6 Å². The van der Waals surface area contributed by atoms with Crippen LogP contribution in [-0.2, 0) is 14.2 Å². The highest BCUT2D eigenvalue weighted by Gasteiger charge is 2.10. The van der Waals surface area contributed by atoms with E-state index in [0.29, 0.717) is 22.6 Å². The number of rotatable bonds is 9. The molecule has 31 heavy (non-hydrogen) atoms. The van der Waals surface area contributed by atoms with E-state index in [1.807, 2.05) is 24.3 Å². The fourth-order valence-electron chi connectivity index (χ4n) is 2.72. The molecule has 0 aliphatic carbocycles. The minimum Gasteiger partial charge on any atom is -0.467 e. The summed E-state index contributed by atoms with van der Waals surface area (Å²) in [5.74, 6) is 0.400. The summed E-state index contributed by atoms with van der Waals surface area (Å²) >= 11 is 0. The molecule has 3 aromatic rings. The van der Waals surface area contributed by atoms with Crippen molar-refractivity contribution >= 4 is 11.7 Å². The van der Waals surface area contributed by atoms with E-state index in [4.69, 9.17) is 24.2 Å². The molecule has 0 heterocycles. The molecule has 0 aliphatic heterocycles. The third kappa shape index (κ3) is 6.03. The molecule has 0 unspecified atom stereocenters. The quantitative estimate of drug-likeness (QED) is 0.161. The van der Waals surface area contributed by atoms with Crippen LogP contribution in [0.15, 0.2) is 79.4 Å². The van der Waals surface area contributed by atoms with Gasteiger partial charge in [0.25, 0.3) is 0 Å². The number of nitriles is 1. The summed E-state index contributed by atoms with van der Waals surface area (Å²) in [6.07, 6.45) is 0. The first-order valence-corrected chi connectivity index (χ1v) is 9.42. The Bertz CT molecular complexity index is 1060. The zero-order valence-corrected chi connectivity index (χ0v) is 17.0. The number of esters is 1. The second kappa shape index (κ2) is 10.7. The van der Waals surface area contributed by atoms with E-state index < -0.39 is 5.97 Å². The summed E-state index contributed by atoms with van der Waals surface area (Å²) in [6, 6.07) is 23.3. The Kier molecular flexibility index (Phi) is 7.55. The summed E-state index contributed by atoms with van der Waals surface area (Å²) < 4.78 is 20.6. The smallest absolute Gasteiger partial charge is 0.343 e. The first-order valence-electron chi connectivity index (χ1n) is 9.42. The summed E-state index contributed by atoms with van der Waals surface area (Å²) in [6.45, 7) is 3.99. The average molecular weight is 415 g/mol. The topological polar surface area (TPSA) is 77.8 Å². The standard InChI is InChI=1S/C25H21NO5/c1-18(30-17-29-16-28-2)20-7-9-23(10-8-20)25(27)31-24-13-11-22(12-14-24)21-5-3-19(15-26)4-6-21/h3-14H,1,16-17H2,2H3. The molecule has 0 bridgehead atoms. The van der Waals surface area contributed by atoms with Crippen LogP contribution in [0.4, 0.5) is 0 Å². The lowest BCUT2D eigenvalue weighted by Gasteiger charge is -2.10. The first kappa shape index (κ1) is 21.8. The SMILES string of the molecule is C=C(OCOCOC)c1ccc(C(=O)Oc2ccc(-c3ccc(C#N)cc3)cc2)cc1. The molecule has 0 aliphatic rings. The molecule has 0 fully saturated rings. The Hall–Kier alpha value is -3.92. The fourth-order valence-corrected chi connectivity index (χ4v) is 2.72. The van der Waals surface area contributed by atoms with Crippen molar-refractivity contribution < 1.29 is 23.7 Å². The number of hydrogen-bond donors (Lipinski definition) is 0. The van der Waals surface area contributed by atoms with E-state index in [1.54, 1.807) is 48.5 Å². The molecule has 0 aromatic heterocycles. The molecule has 6 nitrogen and oxygen atoms in total. The molecule has 0 atom stereocenters. The number of nitrogens with zero attached hydrogens (tertiary/aromatic N) is 1. The third-order valence-corrected chi connectivity index (χ3v) is 4.37. The van der Waals surface area contributed by atoms with Crippen LogP contribution in [0.3, 0.4) is 0 Å².